The van der Waals surface area contributed by atoms with Gasteiger partial charge in [0.1, 0.15) is 6.04 Å². The lowest BCUT2D eigenvalue weighted by Crippen LogP contribution is -2.48. The fourth-order valence-electron chi connectivity index (χ4n) is 2.36. The molecule has 0 unspecified atom stereocenters. The number of carbonyl (C=O) groups is 2. The van der Waals surface area contributed by atoms with Crippen LogP contribution in [-0.2, 0) is 4.79 Å². The number of amides is 2. The van der Waals surface area contributed by atoms with Gasteiger partial charge in [-0.25, -0.2) is 9.59 Å². The molecule has 0 aliphatic carbocycles. The van der Waals surface area contributed by atoms with Gasteiger partial charge in [0, 0.05) is 13.1 Å². The van der Waals surface area contributed by atoms with E-state index in [1.165, 1.54) is 0 Å². The maximum Gasteiger partial charge on any atom is 0.326 e. The number of nitrogens with one attached hydrogen (secondary N) is 1. The number of nitrogens with zero attached hydrogens (tertiary/aromatic N) is 1. The number of carboxylic acids is 1. The summed E-state index contributed by atoms with van der Waals surface area (Å²) >= 11 is 1.58. The molecule has 1 saturated heterocycles. The van der Waals surface area contributed by atoms with Gasteiger partial charge in [-0.1, -0.05) is 13.8 Å². The number of hydrogen-bond acceptors (Lipinski definition) is 3. The van der Waals surface area contributed by atoms with Crippen molar-refractivity contribution in [3.63, 3.8) is 0 Å². The second-order valence-corrected chi connectivity index (χ2v) is 7.11. The van der Waals surface area contributed by atoms with Crippen molar-refractivity contribution in [3.8, 4) is 0 Å². The van der Waals surface area contributed by atoms with Crippen LogP contribution >= 0.6 is 11.8 Å². The third kappa shape index (κ3) is 5.61. The van der Waals surface area contributed by atoms with Gasteiger partial charge < -0.3 is 15.3 Å². The number of carbonyl (C=O) groups excluding carboxylic acids is 1. The molecule has 2 amide bonds. The summed E-state index contributed by atoms with van der Waals surface area (Å²) in [6.07, 6.45) is 5.43. The highest BCUT2D eigenvalue weighted by Crippen LogP contribution is 2.29. The van der Waals surface area contributed by atoms with Crippen LogP contribution in [0.4, 0.5) is 4.79 Å². The summed E-state index contributed by atoms with van der Waals surface area (Å²) in [4.78, 5) is 25.1. The fraction of sp³-hybridized carbons (Fsp3) is 0.857. The normalized spacial score (nSPS) is 20.1. The van der Waals surface area contributed by atoms with E-state index in [0.717, 1.165) is 25.0 Å². The highest BCUT2D eigenvalue weighted by molar-refractivity contribution is 7.98. The Morgan fingerprint density at radius 3 is 2.65 bits per heavy atom. The van der Waals surface area contributed by atoms with Crippen molar-refractivity contribution in [1.29, 1.82) is 0 Å². The number of rotatable bonds is 5. The molecule has 20 heavy (non-hydrogen) atoms. The van der Waals surface area contributed by atoms with Gasteiger partial charge in [0.25, 0.3) is 0 Å². The molecule has 1 fully saturated rings. The minimum absolute atomic E-state index is 0.240. The molecule has 0 aromatic rings. The lowest BCUT2D eigenvalue weighted by Gasteiger charge is -2.25. The molecule has 0 saturated carbocycles. The largest absolute Gasteiger partial charge is 0.480 e. The van der Waals surface area contributed by atoms with Crippen LogP contribution in [0.5, 0.6) is 0 Å². The van der Waals surface area contributed by atoms with E-state index in [-0.39, 0.29) is 11.4 Å². The van der Waals surface area contributed by atoms with Gasteiger partial charge in [-0.3, -0.25) is 0 Å². The Morgan fingerprint density at radius 2 is 2.05 bits per heavy atom. The highest BCUT2D eigenvalue weighted by atomic mass is 32.2. The van der Waals surface area contributed by atoms with E-state index in [1.54, 1.807) is 16.7 Å². The molecule has 6 heteroatoms. The molecule has 0 radical (unpaired) electrons. The minimum Gasteiger partial charge on any atom is -0.480 e. The van der Waals surface area contributed by atoms with Crippen LogP contribution in [0.3, 0.4) is 0 Å². The van der Waals surface area contributed by atoms with Gasteiger partial charge in [-0.05, 0) is 43.1 Å². The van der Waals surface area contributed by atoms with Gasteiger partial charge in [0.2, 0.25) is 0 Å². The smallest absolute Gasteiger partial charge is 0.326 e. The molecule has 1 aliphatic heterocycles. The number of thioether (sulfide) groups is 1. The van der Waals surface area contributed by atoms with Crippen LogP contribution in [0.25, 0.3) is 0 Å². The second-order valence-electron chi connectivity index (χ2n) is 6.13. The topological polar surface area (TPSA) is 69.6 Å². The molecular weight excluding hydrogens is 276 g/mol. The number of aliphatic carboxylic acids is 1. The van der Waals surface area contributed by atoms with Crippen LogP contribution in [0.1, 0.15) is 39.5 Å². The van der Waals surface area contributed by atoms with Crippen molar-refractivity contribution in [2.75, 3.05) is 25.1 Å². The molecule has 1 aliphatic rings. The molecular formula is C14H26N2O3S. The lowest BCUT2D eigenvalue weighted by molar-refractivity contribution is -0.139. The van der Waals surface area contributed by atoms with Crippen molar-refractivity contribution in [1.82, 2.24) is 10.2 Å². The molecule has 0 spiro atoms. The van der Waals surface area contributed by atoms with Crippen LogP contribution in [0.15, 0.2) is 0 Å². The Kier molecular flexibility index (Phi) is 6.65. The number of hydrogen-bond donors (Lipinski definition) is 2. The van der Waals surface area contributed by atoms with Gasteiger partial charge in [0.05, 0.1) is 0 Å². The van der Waals surface area contributed by atoms with E-state index in [4.69, 9.17) is 5.11 Å². The summed E-state index contributed by atoms with van der Waals surface area (Å²) in [5.41, 5.74) is 0.264. The summed E-state index contributed by atoms with van der Waals surface area (Å²) in [5.74, 6) is -0.230. The van der Waals surface area contributed by atoms with Crippen molar-refractivity contribution >= 4 is 23.8 Å². The first-order valence-corrected chi connectivity index (χ1v) is 8.52. The van der Waals surface area contributed by atoms with Gasteiger partial charge >= 0.3 is 12.0 Å². The minimum atomic E-state index is -0.956. The van der Waals surface area contributed by atoms with Gasteiger partial charge in [-0.15, -0.1) is 0 Å². The molecule has 1 atom stereocenters. The molecule has 116 valence electrons. The van der Waals surface area contributed by atoms with Crippen molar-refractivity contribution in [3.05, 3.63) is 0 Å². The van der Waals surface area contributed by atoms with Crippen molar-refractivity contribution in [2.45, 2.75) is 45.6 Å². The first-order chi connectivity index (χ1) is 9.35. The Hall–Kier alpha value is -0.910. The van der Waals surface area contributed by atoms with Crippen LogP contribution in [0, 0.1) is 5.41 Å². The zero-order valence-corrected chi connectivity index (χ0v) is 13.5. The average molecular weight is 302 g/mol. The maximum absolute atomic E-state index is 12.2. The predicted molar refractivity (Wildman–Crippen MR) is 82.2 cm³/mol. The molecule has 1 heterocycles. The van der Waals surface area contributed by atoms with E-state index in [9.17, 15) is 9.59 Å². The van der Waals surface area contributed by atoms with E-state index in [2.05, 4.69) is 19.2 Å². The third-order valence-electron chi connectivity index (χ3n) is 3.83. The molecule has 5 nitrogen and oxygen atoms in total. The summed E-state index contributed by atoms with van der Waals surface area (Å²) in [5, 5.41) is 11.8. The monoisotopic (exact) mass is 302 g/mol. The number of likely N-dealkylation sites (tertiary alicyclic amines) is 1. The maximum atomic E-state index is 12.2. The third-order valence-corrected chi connectivity index (χ3v) is 4.48. The Bertz CT molecular complexity index is 347. The predicted octanol–water partition coefficient (Wildman–Crippen LogP) is 2.41. The SMILES string of the molecule is CSCC[C@@H](NC(=O)N1CCCC(C)(C)CC1)C(=O)O. The number of carboxylic acid groups (broad SMARTS) is 1. The first-order valence-electron chi connectivity index (χ1n) is 7.13. The highest BCUT2D eigenvalue weighted by Gasteiger charge is 2.27. The van der Waals surface area contributed by atoms with Crippen LogP contribution < -0.4 is 5.32 Å². The van der Waals surface area contributed by atoms with E-state index >= 15 is 0 Å². The zero-order chi connectivity index (χ0) is 15.2. The standard InChI is InChI=1S/C14H26N2O3S/c1-14(2)6-4-8-16(9-7-14)13(19)15-11(12(17)18)5-10-20-3/h11H,4-10H2,1-3H3,(H,15,19)(H,17,18)/t11-/m1/s1. The van der Waals surface area contributed by atoms with Crippen LogP contribution in [0.2, 0.25) is 0 Å². The summed E-state index contributed by atoms with van der Waals surface area (Å²) in [6.45, 7) is 5.84. The quantitative estimate of drug-likeness (QED) is 0.818. The Morgan fingerprint density at radius 1 is 1.35 bits per heavy atom. The van der Waals surface area contributed by atoms with Crippen molar-refractivity contribution in [2.24, 2.45) is 5.41 Å². The lowest BCUT2D eigenvalue weighted by atomic mass is 9.85. The number of urea groups is 1. The van der Waals surface area contributed by atoms with Gasteiger partial charge in [0.15, 0.2) is 0 Å². The molecule has 2 N–H and O–H groups in total. The van der Waals surface area contributed by atoms with E-state index < -0.39 is 12.0 Å². The van der Waals surface area contributed by atoms with E-state index in [1.807, 2.05) is 6.26 Å². The second kappa shape index (κ2) is 7.76. The van der Waals surface area contributed by atoms with Crippen molar-refractivity contribution < 1.29 is 14.7 Å². The zero-order valence-electron chi connectivity index (χ0n) is 12.6. The Labute approximate surface area is 125 Å². The molecule has 1 rings (SSSR count). The van der Waals surface area contributed by atoms with E-state index in [0.29, 0.717) is 19.5 Å². The molecule has 0 aromatic heterocycles. The molecule has 0 bridgehead atoms. The summed E-state index contributed by atoms with van der Waals surface area (Å²) in [7, 11) is 0. The average Bonchev–Trinajstić information content (AvgIpc) is 2.55. The summed E-state index contributed by atoms with van der Waals surface area (Å²) in [6, 6.07) is -1.03. The fourth-order valence-corrected chi connectivity index (χ4v) is 2.83. The van der Waals surface area contributed by atoms with Gasteiger partial charge in [-0.2, -0.15) is 11.8 Å². The molecule has 0 aromatic carbocycles. The first kappa shape index (κ1) is 17.1. The Balaban J connectivity index is 2.53. The summed E-state index contributed by atoms with van der Waals surface area (Å²) < 4.78 is 0. The van der Waals surface area contributed by atoms with Crippen LogP contribution in [-0.4, -0.2) is 53.1 Å².